The Bertz CT molecular complexity index is 235. The lowest BCUT2D eigenvalue weighted by atomic mass is 10.6. The summed E-state index contributed by atoms with van der Waals surface area (Å²) in [4.78, 5) is 0. The first-order valence-corrected chi connectivity index (χ1v) is 15.9. The lowest BCUT2D eigenvalue weighted by molar-refractivity contribution is 0.334. The van der Waals surface area contributed by atoms with Gasteiger partial charge in [-0.25, -0.2) is 0 Å². The summed E-state index contributed by atoms with van der Waals surface area (Å²) in [5.41, 5.74) is 0. The first-order valence-electron chi connectivity index (χ1n) is 5.98. The fourth-order valence-electron chi connectivity index (χ4n) is 1.83. The van der Waals surface area contributed by atoms with Gasteiger partial charge in [0.25, 0.3) is 0 Å². The average molecular weight is 328 g/mol. The maximum Gasteiger partial charge on any atom is 0.315 e. The molecule has 0 aromatic carbocycles. The molecule has 0 heterocycles. The van der Waals surface area contributed by atoms with Crippen LogP contribution in [0.4, 0.5) is 0 Å². The highest BCUT2D eigenvalue weighted by molar-refractivity contribution is 7.80. The zero-order chi connectivity index (χ0) is 13.7. The van der Waals surface area contributed by atoms with Crippen molar-refractivity contribution < 1.29 is 12.3 Å². The van der Waals surface area contributed by atoms with Crippen LogP contribution in [0.1, 0.15) is 6.42 Å². The molecule has 0 N–H and O–H groups in total. The van der Waals surface area contributed by atoms with Gasteiger partial charge in [-0.2, -0.15) is 12.6 Å². The molecule has 17 heavy (non-hydrogen) atoms. The molecule has 0 amide bonds. The highest BCUT2D eigenvalue weighted by Crippen LogP contribution is 2.24. The highest BCUT2D eigenvalue weighted by atomic mass is 32.1. The Morgan fingerprint density at radius 1 is 1.00 bits per heavy atom. The maximum atomic E-state index is 6.29. The lowest BCUT2D eigenvalue weighted by Crippen LogP contribution is -2.53. The van der Waals surface area contributed by atoms with Crippen LogP contribution in [0.15, 0.2) is 0 Å². The molecule has 0 saturated carbocycles. The van der Waals surface area contributed by atoms with Crippen molar-refractivity contribution in [3.63, 3.8) is 0 Å². The third-order valence-corrected chi connectivity index (χ3v) is 14.2. The quantitative estimate of drug-likeness (QED) is 0.548. The van der Waals surface area contributed by atoms with Crippen LogP contribution in [0.2, 0.25) is 45.3 Å². The van der Waals surface area contributed by atoms with Crippen LogP contribution in [-0.4, -0.2) is 41.7 Å². The molecule has 0 spiro atoms. The predicted octanol–water partition coefficient (Wildman–Crippen LogP) is 2.51. The van der Waals surface area contributed by atoms with Crippen LogP contribution in [-0.2, 0) is 12.3 Å². The van der Waals surface area contributed by atoms with E-state index in [2.05, 4.69) is 51.9 Å². The summed E-state index contributed by atoms with van der Waals surface area (Å²) in [6.07, 6.45) is 1.04. The van der Waals surface area contributed by atoms with Crippen molar-refractivity contribution in [1.82, 2.24) is 0 Å². The van der Waals surface area contributed by atoms with Gasteiger partial charge in [-0.1, -0.05) is 0 Å². The molecule has 103 valence electrons. The van der Waals surface area contributed by atoms with Crippen molar-refractivity contribution in [3.05, 3.63) is 0 Å². The standard InChI is InChI=1S/C9H27O3SSi4/c1-15(2,3)11-16(4,5)12-17(6,10-14)9-7-8-13/h13H,7-9,14H2,1-6H3. The van der Waals surface area contributed by atoms with Crippen LogP contribution in [0.25, 0.3) is 0 Å². The van der Waals surface area contributed by atoms with Gasteiger partial charge in [0.15, 0.2) is 18.8 Å². The zero-order valence-corrected chi connectivity index (χ0v) is 17.3. The van der Waals surface area contributed by atoms with Gasteiger partial charge in [0.05, 0.1) is 0 Å². The minimum Gasteiger partial charge on any atom is -0.442 e. The third kappa shape index (κ3) is 8.76. The first kappa shape index (κ1) is 18.1. The third-order valence-electron chi connectivity index (χ3n) is 2.11. The summed E-state index contributed by atoms with van der Waals surface area (Å²) in [7, 11) is -4.12. The smallest absolute Gasteiger partial charge is 0.315 e. The molecule has 0 rings (SSSR count). The minimum atomic E-state index is -2.07. The van der Waals surface area contributed by atoms with Gasteiger partial charge in [-0.3, -0.25) is 0 Å². The number of rotatable bonds is 8. The predicted molar refractivity (Wildman–Crippen MR) is 87.5 cm³/mol. The van der Waals surface area contributed by atoms with E-state index in [9.17, 15) is 0 Å². The van der Waals surface area contributed by atoms with Gasteiger partial charge < -0.3 is 12.3 Å². The molecule has 0 aromatic heterocycles. The molecule has 1 unspecified atom stereocenters. The van der Waals surface area contributed by atoms with Gasteiger partial charge in [0, 0.05) is 0 Å². The van der Waals surface area contributed by atoms with Gasteiger partial charge in [-0.15, -0.1) is 0 Å². The second-order valence-corrected chi connectivity index (χ2v) is 18.8. The van der Waals surface area contributed by atoms with Crippen LogP contribution in [0.3, 0.4) is 0 Å². The molecule has 0 aliphatic carbocycles. The van der Waals surface area contributed by atoms with Crippen molar-refractivity contribution in [2.24, 2.45) is 0 Å². The van der Waals surface area contributed by atoms with E-state index in [1.165, 1.54) is 0 Å². The van der Waals surface area contributed by atoms with E-state index in [-0.39, 0.29) is 0 Å². The average Bonchev–Trinajstić information content (AvgIpc) is 2.10. The Morgan fingerprint density at radius 2 is 1.53 bits per heavy atom. The zero-order valence-electron chi connectivity index (χ0n) is 12.0. The number of thiol groups is 1. The Labute approximate surface area is 118 Å². The Balaban J connectivity index is 4.53. The molecular formula is C9H27O3SSi4. The maximum absolute atomic E-state index is 6.29. The monoisotopic (exact) mass is 327 g/mol. The van der Waals surface area contributed by atoms with Crippen LogP contribution in [0, 0.1) is 0 Å². The summed E-state index contributed by atoms with van der Waals surface area (Å²) < 4.78 is 18.2. The van der Waals surface area contributed by atoms with E-state index in [4.69, 9.17) is 12.3 Å². The summed E-state index contributed by atoms with van der Waals surface area (Å²) >= 11 is 4.25. The van der Waals surface area contributed by atoms with E-state index >= 15 is 0 Å². The summed E-state index contributed by atoms with van der Waals surface area (Å²) in [5, 5.41) is 0. The fraction of sp³-hybridized carbons (Fsp3) is 1.00. The van der Waals surface area contributed by atoms with Crippen LogP contribution < -0.4 is 0 Å². The lowest BCUT2D eigenvalue weighted by Gasteiger charge is -2.38. The van der Waals surface area contributed by atoms with Crippen LogP contribution >= 0.6 is 12.6 Å². The highest BCUT2D eigenvalue weighted by Gasteiger charge is 2.40. The molecule has 3 nitrogen and oxygen atoms in total. The van der Waals surface area contributed by atoms with Crippen molar-refractivity contribution in [1.29, 1.82) is 0 Å². The van der Waals surface area contributed by atoms with Gasteiger partial charge in [-0.05, 0) is 57.5 Å². The summed E-state index contributed by atoms with van der Waals surface area (Å²) in [6.45, 7) is 13.0. The van der Waals surface area contributed by atoms with Gasteiger partial charge in [0.2, 0.25) is 0 Å². The van der Waals surface area contributed by atoms with E-state index in [0.717, 1.165) is 18.2 Å². The molecular weight excluding hydrogens is 301 g/mol. The number of hydrogen-bond donors (Lipinski definition) is 1. The molecule has 0 fully saturated rings. The summed E-state index contributed by atoms with van der Waals surface area (Å²) in [6, 6.07) is 0.992. The molecule has 1 radical (unpaired) electrons. The van der Waals surface area contributed by atoms with E-state index in [1.807, 2.05) is 0 Å². The first-order chi connectivity index (χ1) is 7.54. The van der Waals surface area contributed by atoms with Crippen molar-refractivity contribution >= 4 is 48.6 Å². The number of hydrogen-bond acceptors (Lipinski definition) is 4. The molecule has 1 atom stereocenters. The summed E-state index contributed by atoms with van der Waals surface area (Å²) in [5.74, 6) is 0.884. The van der Waals surface area contributed by atoms with Crippen molar-refractivity contribution in [2.45, 2.75) is 51.7 Å². The van der Waals surface area contributed by atoms with Crippen molar-refractivity contribution in [2.75, 3.05) is 5.75 Å². The molecule has 0 aliphatic rings. The SMILES string of the molecule is C[Si](C)(C)O[Si](C)(C)O[Si](C)(CCCS)O[SiH2]. The topological polar surface area (TPSA) is 27.7 Å². The van der Waals surface area contributed by atoms with Gasteiger partial charge in [0.1, 0.15) is 0 Å². The molecule has 0 aromatic rings. The second kappa shape index (κ2) is 7.03. The molecule has 0 saturated heterocycles. The Kier molecular flexibility index (Phi) is 7.49. The van der Waals surface area contributed by atoms with E-state index in [0.29, 0.717) is 0 Å². The van der Waals surface area contributed by atoms with E-state index in [1.54, 1.807) is 10.5 Å². The second-order valence-electron chi connectivity index (χ2n) is 5.82. The van der Waals surface area contributed by atoms with Gasteiger partial charge >= 0.3 is 17.1 Å². The molecule has 8 heteroatoms. The Morgan fingerprint density at radius 3 is 1.88 bits per heavy atom. The minimum absolute atomic E-state index is 0.884. The molecule has 0 bridgehead atoms. The normalized spacial score (nSPS) is 16.9. The largest absolute Gasteiger partial charge is 0.442 e. The van der Waals surface area contributed by atoms with Crippen LogP contribution in [0.5, 0.6) is 0 Å². The Hall–Kier alpha value is 1.10. The molecule has 0 aliphatic heterocycles. The van der Waals surface area contributed by atoms with Crippen molar-refractivity contribution in [3.8, 4) is 0 Å². The fourth-order valence-corrected chi connectivity index (χ4v) is 15.5. The van der Waals surface area contributed by atoms with E-state index < -0.39 is 25.4 Å².